The lowest BCUT2D eigenvalue weighted by Crippen LogP contribution is -2.31. The van der Waals surface area contributed by atoms with E-state index in [4.69, 9.17) is 0 Å². The van der Waals surface area contributed by atoms with E-state index in [0.29, 0.717) is 17.7 Å². The molecule has 108 valence electrons. The van der Waals surface area contributed by atoms with Gasteiger partial charge in [-0.1, -0.05) is 19.1 Å². The first-order chi connectivity index (χ1) is 10.0. The van der Waals surface area contributed by atoms with Crippen molar-refractivity contribution in [2.24, 2.45) is 17.8 Å². The molecule has 1 fully saturated rings. The van der Waals surface area contributed by atoms with Crippen LogP contribution in [0, 0.1) is 17.8 Å². The third-order valence-electron chi connectivity index (χ3n) is 4.40. The van der Waals surface area contributed by atoms with Gasteiger partial charge in [0.25, 0.3) is 0 Å². The Morgan fingerprint density at radius 1 is 1.14 bits per heavy atom. The fourth-order valence-corrected chi connectivity index (χ4v) is 3.25. The molecule has 3 atom stereocenters. The number of benzene rings is 1. The first-order valence-corrected chi connectivity index (χ1v) is 7.16. The summed E-state index contributed by atoms with van der Waals surface area (Å²) >= 11 is 0. The number of nitrogens with zero attached hydrogens (tertiary/aromatic N) is 1. The topological polar surface area (TPSA) is 54.5 Å². The molecule has 21 heavy (non-hydrogen) atoms. The Balaban J connectivity index is 1.94. The van der Waals surface area contributed by atoms with Gasteiger partial charge in [0, 0.05) is 5.56 Å². The van der Waals surface area contributed by atoms with Crippen LogP contribution in [0.1, 0.15) is 30.6 Å². The lowest BCUT2D eigenvalue weighted by atomic mass is 9.78. The highest BCUT2D eigenvalue weighted by atomic mass is 16.2. The Morgan fingerprint density at radius 3 is 2.38 bits per heavy atom. The van der Waals surface area contributed by atoms with Gasteiger partial charge in [0.1, 0.15) is 0 Å². The highest BCUT2D eigenvalue weighted by Gasteiger charge is 2.50. The third-order valence-corrected chi connectivity index (χ3v) is 4.40. The molecule has 3 rings (SSSR count). The molecule has 0 N–H and O–H groups in total. The highest BCUT2D eigenvalue weighted by molar-refractivity contribution is 6.22. The Morgan fingerprint density at radius 2 is 1.81 bits per heavy atom. The van der Waals surface area contributed by atoms with E-state index < -0.39 is 0 Å². The zero-order valence-corrected chi connectivity index (χ0v) is 12.1. The number of rotatable bonds is 2. The summed E-state index contributed by atoms with van der Waals surface area (Å²) < 4.78 is 0. The minimum atomic E-state index is -0.255. The van der Waals surface area contributed by atoms with E-state index in [1.165, 1.54) is 11.8 Å². The van der Waals surface area contributed by atoms with Crippen LogP contribution < -0.4 is 4.90 Å². The summed E-state index contributed by atoms with van der Waals surface area (Å²) in [5, 5.41) is 0. The normalized spacial score (nSPS) is 27.9. The van der Waals surface area contributed by atoms with Gasteiger partial charge in [-0.15, -0.1) is 0 Å². The van der Waals surface area contributed by atoms with Crippen LogP contribution in [0.25, 0.3) is 0 Å². The van der Waals surface area contributed by atoms with Gasteiger partial charge in [-0.2, -0.15) is 0 Å². The lowest BCUT2D eigenvalue weighted by molar-refractivity contribution is -0.122. The average molecular weight is 283 g/mol. The molecule has 4 nitrogen and oxygen atoms in total. The van der Waals surface area contributed by atoms with Crippen molar-refractivity contribution in [1.82, 2.24) is 0 Å². The largest absolute Gasteiger partial charge is 0.295 e. The maximum absolute atomic E-state index is 12.6. The van der Waals surface area contributed by atoms with Gasteiger partial charge in [0.15, 0.2) is 5.78 Å². The summed E-state index contributed by atoms with van der Waals surface area (Å²) in [5.41, 5.74) is 1.13. The van der Waals surface area contributed by atoms with E-state index in [2.05, 4.69) is 0 Å². The van der Waals surface area contributed by atoms with E-state index in [0.717, 1.165) is 0 Å². The molecular weight excluding hydrogens is 266 g/mol. The predicted molar refractivity (Wildman–Crippen MR) is 78.8 cm³/mol. The van der Waals surface area contributed by atoms with E-state index >= 15 is 0 Å². The first kappa shape index (κ1) is 13.7. The smallest absolute Gasteiger partial charge is 0.238 e. The van der Waals surface area contributed by atoms with E-state index in [1.54, 1.807) is 24.3 Å². The molecule has 1 aromatic rings. The standard InChI is InChI=1S/C17H17NO3/c1-10-4-3-5-14-15(10)17(21)18(16(14)20)13-8-6-12(7-9-13)11(2)19/h3-4,6-10,14-15H,5H2,1-2H3/t10-,14+,15+/m0/s1. The van der Waals surface area contributed by atoms with E-state index in [1.807, 2.05) is 19.1 Å². The summed E-state index contributed by atoms with van der Waals surface area (Å²) in [6.07, 6.45) is 4.62. The maximum Gasteiger partial charge on any atom is 0.238 e. The molecule has 2 amide bonds. The molecule has 0 unspecified atom stereocenters. The number of imide groups is 1. The minimum Gasteiger partial charge on any atom is -0.295 e. The van der Waals surface area contributed by atoms with E-state index in [9.17, 15) is 14.4 Å². The van der Waals surface area contributed by atoms with E-state index in [-0.39, 0.29) is 35.4 Å². The minimum absolute atomic E-state index is 0.0351. The van der Waals surface area contributed by atoms with Crippen molar-refractivity contribution >= 4 is 23.3 Å². The zero-order chi connectivity index (χ0) is 15.1. The Hall–Kier alpha value is -2.23. The van der Waals surface area contributed by atoms with Crippen LogP contribution in [0.5, 0.6) is 0 Å². The van der Waals surface area contributed by atoms with Crippen LogP contribution in [-0.2, 0) is 9.59 Å². The summed E-state index contributed by atoms with van der Waals surface area (Å²) in [6.45, 7) is 3.46. The summed E-state index contributed by atoms with van der Waals surface area (Å²) in [6, 6.07) is 6.65. The van der Waals surface area contributed by atoms with Gasteiger partial charge in [0.2, 0.25) is 11.8 Å². The number of carbonyl (C=O) groups excluding carboxylic acids is 3. The summed E-state index contributed by atoms with van der Waals surface area (Å²) in [4.78, 5) is 37.7. The van der Waals surface area contributed by atoms with Gasteiger partial charge in [-0.05, 0) is 43.5 Å². The highest BCUT2D eigenvalue weighted by Crippen LogP contribution is 2.40. The Kier molecular flexibility index (Phi) is 3.24. The maximum atomic E-state index is 12.6. The predicted octanol–water partition coefficient (Wildman–Crippen LogP) is 2.59. The number of hydrogen-bond donors (Lipinski definition) is 0. The van der Waals surface area contributed by atoms with Gasteiger partial charge >= 0.3 is 0 Å². The third kappa shape index (κ3) is 2.11. The molecule has 1 saturated heterocycles. The van der Waals surface area contributed by atoms with Crippen LogP contribution in [0.2, 0.25) is 0 Å². The molecule has 0 saturated carbocycles. The molecule has 4 heteroatoms. The average Bonchev–Trinajstić information content (AvgIpc) is 2.72. The van der Waals surface area contributed by atoms with Crippen LogP contribution in [0.15, 0.2) is 36.4 Å². The van der Waals surface area contributed by atoms with Gasteiger partial charge in [-0.3, -0.25) is 19.3 Å². The second-order valence-corrected chi connectivity index (χ2v) is 5.77. The van der Waals surface area contributed by atoms with Gasteiger partial charge in [0.05, 0.1) is 17.5 Å². The molecule has 0 spiro atoms. The Labute approximate surface area is 123 Å². The second kappa shape index (κ2) is 4.95. The lowest BCUT2D eigenvalue weighted by Gasteiger charge is -2.22. The van der Waals surface area contributed by atoms with Gasteiger partial charge < -0.3 is 0 Å². The first-order valence-electron chi connectivity index (χ1n) is 7.16. The molecule has 1 aliphatic carbocycles. The monoisotopic (exact) mass is 283 g/mol. The molecule has 1 aromatic carbocycles. The number of hydrogen-bond acceptors (Lipinski definition) is 3. The van der Waals surface area contributed by atoms with Crippen LogP contribution in [0.4, 0.5) is 5.69 Å². The van der Waals surface area contributed by atoms with Crippen molar-refractivity contribution in [2.75, 3.05) is 4.90 Å². The summed E-state index contributed by atoms with van der Waals surface area (Å²) in [5.74, 6) is -0.706. The molecule has 2 aliphatic rings. The van der Waals surface area contributed by atoms with Crippen molar-refractivity contribution in [3.05, 3.63) is 42.0 Å². The molecule has 0 bridgehead atoms. The van der Waals surface area contributed by atoms with Crippen LogP contribution in [-0.4, -0.2) is 17.6 Å². The van der Waals surface area contributed by atoms with Crippen molar-refractivity contribution in [2.45, 2.75) is 20.3 Å². The SMILES string of the molecule is CC(=O)c1ccc(N2C(=O)[C@@H]3[C@@H](C)C=CC[C@H]3C2=O)cc1. The molecule has 1 heterocycles. The number of Topliss-reactive ketones (excluding diaryl/α,β-unsaturated/α-hetero) is 1. The van der Waals surface area contributed by atoms with Crippen molar-refractivity contribution in [3.8, 4) is 0 Å². The van der Waals surface area contributed by atoms with Crippen molar-refractivity contribution in [1.29, 1.82) is 0 Å². The van der Waals surface area contributed by atoms with Gasteiger partial charge in [-0.25, -0.2) is 0 Å². The number of anilines is 1. The fourth-order valence-electron chi connectivity index (χ4n) is 3.25. The quantitative estimate of drug-likeness (QED) is 0.476. The van der Waals surface area contributed by atoms with Crippen LogP contribution >= 0.6 is 0 Å². The molecule has 0 radical (unpaired) electrons. The van der Waals surface area contributed by atoms with Crippen molar-refractivity contribution in [3.63, 3.8) is 0 Å². The second-order valence-electron chi connectivity index (χ2n) is 5.77. The Bertz CT molecular complexity index is 645. The molecule has 1 aliphatic heterocycles. The number of fused-ring (bicyclic) bond motifs is 1. The van der Waals surface area contributed by atoms with Crippen LogP contribution in [0.3, 0.4) is 0 Å². The number of amides is 2. The zero-order valence-electron chi connectivity index (χ0n) is 12.1. The van der Waals surface area contributed by atoms with Crippen molar-refractivity contribution < 1.29 is 14.4 Å². The molecular formula is C17H17NO3. The number of carbonyl (C=O) groups is 3. The fraction of sp³-hybridized carbons (Fsp3) is 0.353. The molecule has 0 aromatic heterocycles. The number of allylic oxidation sites excluding steroid dienone is 2. The summed E-state index contributed by atoms with van der Waals surface area (Å²) in [7, 11) is 0. The number of ketones is 1.